The topological polar surface area (TPSA) is 98.4 Å². The summed E-state index contributed by atoms with van der Waals surface area (Å²) in [5.41, 5.74) is 0.847. The number of carbonyl (C=O) groups is 2. The van der Waals surface area contributed by atoms with Crippen molar-refractivity contribution in [1.82, 2.24) is 14.7 Å². The second-order valence-electron chi connectivity index (χ2n) is 6.98. The Balaban J connectivity index is 0.00000364. The van der Waals surface area contributed by atoms with Crippen LogP contribution in [-0.2, 0) is 26.4 Å². The maximum absolute atomic E-state index is 11.2. The second kappa shape index (κ2) is 12.1. The third kappa shape index (κ3) is 9.38. The van der Waals surface area contributed by atoms with E-state index in [1.54, 1.807) is 0 Å². The van der Waals surface area contributed by atoms with Gasteiger partial charge in [-0.1, -0.05) is 24.3 Å². The molecule has 2 bridgehead atoms. The zero-order valence-electron chi connectivity index (χ0n) is 15.7. The van der Waals surface area contributed by atoms with E-state index in [-0.39, 0.29) is 35.9 Å². The first kappa shape index (κ1) is 23.6. The molecule has 0 aromatic rings. The first-order chi connectivity index (χ1) is 12.4. The van der Waals surface area contributed by atoms with E-state index in [0.29, 0.717) is 19.6 Å². The van der Waals surface area contributed by atoms with Gasteiger partial charge in [0.1, 0.15) is 0 Å². The molecule has 27 heavy (non-hydrogen) atoms. The van der Waals surface area contributed by atoms with Crippen molar-refractivity contribution in [3.05, 3.63) is 29.2 Å². The molecule has 0 aromatic heterocycles. The van der Waals surface area contributed by atoms with E-state index in [0.717, 1.165) is 38.2 Å². The fourth-order valence-electron chi connectivity index (χ4n) is 3.35. The molecule has 1 atom stereocenters. The molecule has 0 aliphatic carbocycles. The summed E-state index contributed by atoms with van der Waals surface area (Å²) in [6, 6.07) is -0.0956. The Morgan fingerprint density at radius 3 is 2.30 bits per heavy atom. The number of carboxylic acid groups (broad SMARTS) is 2. The largest absolute Gasteiger partial charge is 0.680 e. The number of hydrogen-bond acceptors (Lipinski definition) is 5. The van der Waals surface area contributed by atoms with Crippen LogP contribution in [0, 0.1) is 0 Å². The van der Waals surface area contributed by atoms with Crippen LogP contribution in [0.5, 0.6) is 0 Å². The Hall–Kier alpha value is -1.39. The zero-order valence-corrected chi connectivity index (χ0v) is 16.8. The smallest absolute Gasteiger partial charge is 0.317 e. The summed E-state index contributed by atoms with van der Waals surface area (Å²) in [7, 11) is 2.05. The predicted octanol–water partition coefficient (Wildman–Crippen LogP) is 0.679. The third-order valence-electron chi connectivity index (χ3n) is 4.53. The summed E-state index contributed by atoms with van der Waals surface area (Å²) < 4.78 is 0. The molecule has 1 saturated heterocycles. The van der Waals surface area contributed by atoms with Crippen molar-refractivity contribution >= 4 is 11.9 Å². The molecule has 8 nitrogen and oxygen atoms in total. The van der Waals surface area contributed by atoms with Crippen LogP contribution < -0.4 is 0 Å². The molecule has 0 aromatic carbocycles. The second-order valence-corrected chi connectivity index (χ2v) is 6.98. The molecule has 0 amide bonds. The number of hydrogen-bond donors (Lipinski definition) is 2. The molecule has 9 heteroatoms. The Labute approximate surface area is 171 Å². The minimum absolute atomic E-state index is 0. The molecular weight excluding hydrogens is 395 g/mol. The molecule has 2 aliphatic heterocycles. The Kier molecular flexibility index (Phi) is 10.6. The SMILES string of the molecule is CN1CCCN(CC(=O)O)CC2=CC=CC(CN(CC(=O)O)CCC1)[N-]2.[Co]. The van der Waals surface area contributed by atoms with E-state index in [2.05, 4.69) is 4.90 Å². The summed E-state index contributed by atoms with van der Waals surface area (Å²) in [6.07, 6.45) is 7.59. The molecule has 1 unspecified atom stereocenters. The maximum Gasteiger partial charge on any atom is 0.317 e. The summed E-state index contributed by atoms with van der Waals surface area (Å²) in [5, 5.41) is 23.0. The Morgan fingerprint density at radius 1 is 1.07 bits per heavy atom. The summed E-state index contributed by atoms with van der Waals surface area (Å²) in [6.45, 7) is 4.26. The molecular formula is C18H29CoN4O4-. The van der Waals surface area contributed by atoms with Crippen LogP contribution in [0.3, 0.4) is 0 Å². The Bertz CT molecular complexity index is 555. The van der Waals surface area contributed by atoms with Crippen LogP contribution in [-0.4, -0.2) is 102 Å². The minimum atomic E-state index is -0.837. The van der Waals surface area contributed by atoms with Gasteiger partial charge in [-0.15, -0.1) is 5.70 Å². The molecule has 2 aliphatic rings. The molecule has 0 spiro atoms. The van der Waals surface area contributed by atoms with Crippen LogP contribution in [0.1, 0.15) is 12.8 Å². The average molecular weight is 424 g/mol. The van der Waals surface area contributed by atoms with Gasteiger partial charge in [0.05, 0.1) is 13.1 Å². The number of allylic oxidation sites excluding steroid dienone is 2. The van der Waals surface area contributed by atoms with E-state index in [1.807, 2.05) is 35.1 Å². The molecule has 2 rings (SSSR count). The van der Waals surface area contributed by atoms with E-state index in [4.69, 9.17) is 15.5 Å². The van der Waals surface area contributed by atoms with Crippen LogP contribution >= 0.6 is 0 Å². The number of carboxylic acids is 2. The van der Waals surface area contributed by atoms with Crippen molar-refractivity contribution in [2.45, 2.75) is 18.9 Å². The van der Waals surface area contributed by atoms with E-state index in [1.165, 1.54) is 0 Å². The van der Waals surface area contributed by atoms with Gasteiger partial charge in [0, 0.05) is 29.9 Å². The van der Waals surface area contributed by atoms with Gasteiger partial charge in [0.25, 0.3) is 0 Å². The zero-order chi connectivity index (χ0) is 18.9. The van der Waals surface area contributed by atoms with Gasteiger partial charge in [-0.3, -0.25) is 19.4 Å². The van der Waals surface area contributed by atoms with Gasteiger partial charge in [0.15, 0.2) is 0 Å². The number of fused-ring (bicyclic) bond motifs is 2. The summed E-state index contributed by atoms with van der Waals surface area (Å²) >= 11 is 0. The third-order valence-corrected chi connectivity index (χ3v) is 4.53. The van der Waals surface area contributed by atoms with E-state index in [9.17, 15) is 9.59 Å². The Morgan fingerprint density at radius 2 is 1.67 bits per heavy atom. The molecule has 155 valence electrons. The van der Waals surface area contributed by atoms with Crippen molar-refractivity contribution in [3.63, 3.8) is 0 Å². The molecule has 2 heterocycles. The maximum atomic E-state index is 11.2. The van der Waals surface area contributed by atoms with Crippen LogP contribution in [0.25, 0.3) is 5.32 Å². The minimum Gasteiger partial charge on any atom is -0.680 e. The van der Waals surface area contributed by atoms with Crippen LogP contribution in [0.2, 0.25) is 0 Å². The van der Waals surface area contributed by atoms with Gasteiger partial charge in [-0.2, -0.15) is 0 Å². The van der Waals surface area contributed by atoms with Crippen molar-refractivity contribution < 1.29 is 36.6 Å². The predicted molar refractivity (Wildman–Crippen MR) is 99.3 cm³/mol. The average Bonchev–Trinajstić information content (AvgIpc) is 2.53. The van der Waals surface area contributed by atoms with Gasteiger partial charge in [-0.25, -0.2) is 0 Å². The number of rotatable bonds is 4. The van der Waals surface area contributed by atoms with Crippen molar-refractivity contribution in [3.8, 4) is 0 Å². The van der Waals surface area contributed by atoms with Crippen molar-refractivity contribution in [1.29, 1.82) is 0 Å². The van der Waals surface area contributed by atoms with Crippen molar-refractivity contribution in [2.75, 3.05) is 59.4 Å². The number of nitrogens with zero attached hydrogens (tertiary/aromatic N) is 4. The molecule has 0 saturated carbocycles. The van der Waals surface area contributed by atoms with E-state index < -0.39 is 11.9 Å². The molecule has 1 radical (unpaired) electrons. The van der Waals surface area contributed by atoms with Gasteiger partial charge in [0.2, 0.25) is 0 Å². The van der Waals surface area contributed by atoms with Crippen LogP contribution in [0.4, 0.5) is 0 Å². The van der Waals surface area contributed by atoms with Crippen LogP contribution in [0.15, 0.2) is 23.9 Å². The monoisotopic (exact) mass is 424 g/mol. The fraction of sp³-hybridized carbons (Fsp3) is 0.667. The first-order valence-electron chi connectivity index (χ1n) is 9.07. The molecule has 2 N–H and O–H groups in total. The van der Waals surface area contributed by atoms with Gasteiger partial charge in [-0.05, 0) is 46.1 Å². The normalized spacial score (nSPS) is 23.4. The number of aliphatic carboxylic acids is 2. The van der Waals surface area contributed by atoms with Gasteiger partial charge < -0.3 is 20.4 Å². The van der Waals surface area contributed by atoms with Crippen molar-refractivity contribution in [2.24, 2.45) is 0 Å². The summed E-state index contributed by atoms with van der Waals surface area (Å²) in [4.78, 5) is 28.4. The quantitative estimate of drug-likeness (QED) is 0.685. The fourth-order valence-corrected chi connectivity index (χ4v) is 3.35. The summed E-state index contributed by atoms with van der Waals surface area (Å²) in [5.74, 6) is -1.67. The van der Waals surface area contributed by atoms with Gasteiger partial charge >= 0.3 is 11.9 Å². The van der Waals surface area contributed by atoms with E-state index >= 15 is 0 Å². The first-order valence-corrected chi connectivity index (χ1v) is 9.07. The standard InChI is InChI=1S/C18H29N4O4.Co/c1-20-7-3-9-21(13-17(23)24)11-15-5-2-6-16(19-15)12-22(10-4-8-20)14-18(25)26;/h2,5-6,15H,3-4,7-14H2,1H3,(H,23,24)(H,25,26);/q-1;. The molecule has 1 fully saturated rings.